The molecule has 1 saturated heterocycles. The van der Waals surface area contributed by atoms with Crippen molar-refractivity contribution in [2.45, 2.75) is 43.8 Å². The second-order valence-electron chi connectivity index (χ2n) is 8.10. The van der Waals surface area contributed by atoms with Crippen molar-refractivity contribution in [2.24, 2.45) is 4.99 Å². The van der Waals surface area contributed by atoms with Crippen LogP contribution in [0, 0.1) is 0 Å². The number of hydrogen-bond donors (Lipinski definition) is 2. The van der Waals surface area contributed by atoms with Crippen molar-refractivity contribution in [2.75, 3.05) is 32.1 Å². The Morgan fingerprint density at radius 3 is 2.41 bits per heavy atom. The summed E-state index contributed by atoms with van der Waals surface area (Å²) in [5, 5.41) is 6.82. The molecule has 2 aromatic carbocycles. The molecule has 0 aromatic heterocycles. The first-order valence-electron chi connectivity index (χ1n) is 10.7. The maximum Gasteiger partial charge on any atom is 0.243 e. The molecule has 2 N–H and O–H groups in total. The molecule has 1 atom stereocenters. The van der Waals surface area contributed by atoms with Crippen LogP contribution in [0.3, 0.4) is 0 Å². The molecule has 0 amide bonds. The fourth-order valence-electron chi connectivity index (χ4n) is 3.55. The summed E-state index contributed by atoms with van der Waals surface area (Å²) in [5.41, 5.74) is 2.24. The zero-order valence-electron chi connectivity index (χ0n) is 19.2. The quantitative estimate of drug-likeness (QED) is 0.303. The number of hydrogen-bond acceptors (Lipinski definition) is 4. The lowest BCUT2D eigenvalue weighted by Crippen LogP contribution is -2.44. The van der Waals surface area contributed by atoms with Crippen molar-refractivity contribution in [3.63, 3.8) is 0 Å². The van der Waals surface area contributed by atoms with E-state index in [0.717, 1.165) is 31.0 Å². The minimum absolute atomic E-state index is 0. The lowest BCUT2D eigenvalue weighted by Gasteiger charge is -2.21. The van der Waals surface area contributed by atoms with Crippen LogP contribution in [0.2, 0.25) is 0 Å². The van der Waals surface area contributed by atoms with Gasteiger partial charge in [-0.2, -0.15) is 4.31 Å². The Labute approximate surface area is 209 Å². The Morgan fingerprint density at radius 1 is 1.16 bits per heavy atom. The summed E-state index contributed by atoms with van der Waals surface area (Å²) >= 11 is 0. The Bertz CT molecular complexity index is 981. The average molecular weight is 572 g/mol. The first-order valence-corrected chi connectivity index (χ1v) is 12.1. The van der Waals surface area contributed by atoms with Gasteiger partial charge in [-0.1, -0.05) is 30.3 Å². The molecule has 0 radical (unpaired) electrons. The molecule has 0 bridgehead atoms. The molecule has 1 fully saturated rings. The third-order valence-electron chi connectivity index (χ3n) is 5.66. The van der Waals surface area contributed by atoms with Crippen LogP contribution in [0.1, 0.15) is 25.8 Å². The van der Waals surface area contributed by atoms with Gasteiger partial charge in [-0.15, -0.1) is 24.0 Å². The minimum Gasteiger partial charge on any atom is -0.369 e. The summed E-state index contributed by atoms with van der Waals surface area (Å²) in [6.45, 7) is 6.23. The van der Waals surface area contributed by atoms with Crippen LogP contribution in [0.25, 0.3) is 0 Å². The highest BCUT2D eigenvalue weighted by atomic mass is 127. The van der Waals surface area contributed by atoms with Gasteiger partial charge in [0.25, 0.3) is 0 Å². The van der Waals surface area contributed by atoms with E-state index < -0.39 is 10.0 Å². The Kier molecular flexibility index (Phi) is 9.78. The monoisotopic (exact) mass is 571 g/mol. The number of nitrogens with zero attached hydrogens (tertiary/aromatic N) is 3. The molecule has 1 unspecified atom stereocenters. The van der Waals surface area contributed by atoms with Crippen LogP contribution in [0.15, 0.2) is 64.5 Å². The number of benzene rings is 2. The molecule has 3 rings (SSSR count). The Hall–Kier alpha value is -1.85. The molecule has 1 aliphatic heterocycles. The second-order valence-corrected chi connectivity index (χ2v) is 10.1. The van der Waals surface area contributed by atoms with Gasteiger partial charge in [-0.25, -0.2) is 8.42 Å². The Morgan fingerprint density at radius 2 is 1.81 bits per heavy atom. The molecule has 0 aliphatic carbocycles. The number of halogens is 1. The molecular weight excluding hydrogens is 537 g/mol. The standard InChI is InChI=1S/C23H33N5O2S.HI/c1-18(2)27(4)31(29,30)22-12-10-19(11-13-22)16-25-23(24-3)26-20-14-15-28(17-20)21-8-6-5-7-9-21;/h5-13,18,20H,14-17H2,1-4H3,(H2,24,25,26);1H. The zero-order valence-corrected chi connectivity index (χ0v) is 22.3. The summed E-state index contributed by atoms with van der Waals surface area (Å²) in [4.78, 5) is 7.02. The van der Waals surface area contributed by atoms with Gasteiger partial charge in [0.05, 0.1) is 4.90 Å². The molecule has 1 heterocycles. The number of rotatable bonds is 7. The molecule has 7 nitrogen and oxygen atoms in total. The van der Waals surface area contributed by atoms with Gasteiger partial charge in [0.2, 0.25) is 10.0 Å². The van der Waals surface area contributed by atoms with Crippen LogP contribution in [-0.4, -0.2) is 58.0 Å². The van der Waals surface area contributed by atoms with Crippen LogP contribution < -0.4 is 15.5 Å². The van der Waals surface area contributed by atoms with Crippen LogP contribution in [-0.2, 0) is 16.6 Å². The predicted molar refractivity (Wildman–Crippen MR) is 142 cm³/mol. The maximum atomic E-state index is 12.6. The fraction of sp³-hybridized carbons (Fsp3) is 0.435. The van der Waals surface area contributed by atoms with E-state index >= 15 is 0 Å². The van der Waals surface area contributed by atoms with Crippen molar-refractivity contribution in [1.82, 2.24) is 14.9 Å². The van der Waals surface area contributed by atoms with E-state index in [1.807, 2.05) is 32.0 Å². The number of nitrogens with one attached hydrogen (secondary N) is 2. The highest BCUT2D eigenvalue weighted by Gasteiger charge is 2.24. The lowest BCUT2D eigenvalue weighted by atomic mass is 10.2. The first kappa shape index (κ1) is 26.4. The van der Waals surface area contributed by atoms with Gasteiger partial charge in [0.15, 0.2) is 5.96 Å². The largest absolute Gasteiger partial charge is 0.369 e. The number of aliphatic imine (C=N–C) groups is 1. The number of anilines is 1. The van der Waals surface area contributed by atoms with E-state index in [0.29, 0.717) is 17.5 Å². The van der Waals surface area contributed by atoms with E-state index in [9.17, 15) is 8.42 Å². The van der Waals surface area contributed by atoms with Crippen molar-refractivity contribution >= 4 is 45.6 Å². The van der Waals surface area contributed by atoms with E-state index in [1.165, 1.54) is 9.99 Å². The summed E-state index contributed by atoms with van der Waals surface area (Å²) in [7, 11) is -0.0978. The van der Waals surface area contributed by atoms with Gasteiger partial charge in [0.1, 0.15) is 0 Å². The lowest BCUT2D eigenvalue weighted by molar-refractivity contribution is 0.410. The molecule has 2 aromatic rings. The molecule has 0 saturated carbocycles. The summed E-state index contributed by atoms with van der Waals surface area (Å²) < 4.78 is 26.6. The smallest absolute Gasteiger partial charge is 0.243 e. The number of para-hydroxylation sites is 1. The van der Waals surface area contributed by atoms with E-state index in [2.05, 4.69) is 44.8 Å². The zero-order chi connectivity index (χ0) is 22.4. The number of sulfonamides is 1. The minimum atomic E-state index is -3.46. The molecule has 176 valence electrons. The van der Waals surface area contributed by atoms with Crippen molar-refractivity contribution < 1.29 is 8.42 Å². The molecule has 9 heteroatoms. The average Bonchev–Trinajstić information content (AvgIpc) is 3.25. The topological polar surface area (TPSA) is 77.0 Å². The van der Waals surface area contributed by atoms with E-state index in [4.69, 9.17) is 0 Å². The highest BCUT2D eigenvalue weighted by Crippen LogP contribution is 2.20. The molecule has 0 spiro atoms. The van der Waals surface area contributed by atoms with Crippen LogP contribution in [0.4, 0.5) is 5.69 Å². The van der Waals surface area contributed by atoms with Crippen LogP contribution in [0.5, 0.6) is 0 Å². The number of guanidine groups is 1. The summed E-state index contributed by atoms with van der Waals surface area (Å²) in [5.74, 6) is 0.746. The summed E-state index contributed by atoms with van der Waals surface area (Å²) in [6, 6.07) is 17.7. The molecule has 32 heavy (non-hydrogen) atoms. The Balaban J connectivity index is 0.00000363. The van der Waals surface area contributed by atoms with Gasteiger partial charge < -0.3 is 15.5 Å². The van der Waals surface area contributed by atoms with Crippen molar-refractivity contribution in [3.8, 4) is 0 Å². The van der Waals surface area contributed by atoms with E-state index in [-0.39, 0.29) is 30.0 Å². The highest BCUT2D eigenvalue weighted by molar-refractivity contribution is 14.0. The maximum absolute atomic E-state index is 12.6. The van der Waals surface area contributed by atoms with Gasteiger partial charge in [-0.05, 0) is 50.1 Å². The van der Waals surface area contributed by atoms with Gasteiger partial charge in [0, 0.05) is 51.5 Å². The third kappa shape index (κ3) is 6.58. The molecular formula is C23H34IN5O2S. The predicted octanol–water partition coefficient (Wildman–Crippen LogP) is 3.28. The first-order chi connectivity index (χ1) is 14.8. The van der Waals surface area contributed by atoms with Gasteiger partial charge >= 0.3 is 0 Å². The normalized spacial score (nSPS) is 16.9. The van der Waals surface area contributed by atoms with Gasteiger partial charge in [-0.3, -0.25) is 4.99 Å². The van der Waals surface area contributed by atoms with Crippen molar-refractivity contribution in [1.29, 1.82) is 0 Å². The van der Waals surface area contributed by atoms with Crippen LogP contribution >= 0.6 is 24.0 Å². The van der Waals surface area contributed by atoms with Crippen molar-refractivity contribution in [3.05, 3.63) is 60.2 Å². The summed E-state index contributed by atoms with van der Waals surface area (Å²) in [6.07, 6.45) is 1.05. The third-order valence-corrected chi connectivity index (χ3v) is 7.71. The molecule has 1 aliphatic rings. The SMILES string of the molecule is CN=C(NCc1ccc(S(=O)(=O)N(C)C(C)C)cc1)NC1CCN(c2ccccc2)C1.I. The van der Waals surface area contributed by atoms with E-state index in [1.54, 1.807) is 26.2 Å². The second kappa shape index (κ2) is 11.9. The fourth-order valence-corrected chi connectivity index (χ4v) is 4.92.